The number of ether oxygens (including phenoxy) is 1. The van der Waals surface area contributed by atoms with Crippen LogP contribution in [0.5, 0.6) is 0 Å². The van der Waals surface area contributed by atoms with Gasteiger partial charge in [-0.1, -0.05) is 20.8 Å². The molecule has 6 nitrogen and oxygen atoms in total. The number of likely N-dealkylation sites (tertiary alicyclic amines) is 1. The lowest BCUT2D eigenvalue weighted by Crippen LogP contribution is -2.47. The van der Waals surface area contributed by atoms with Crippen molar-refractivity contribution in [3.8, 4) is 0 Å². The molecule has 0 unspecified atom stereocenters. The molecular formula is C17H30N4O2S. The SMILES string of the molecule is CN(c1nc(C(C)(C)C)ns1)C1CCN(C(=O)OC(C)(C)C)CC1. The highest BCUT2D eigenvalue weighted by Crippen LogP contribution is 2.28. The van der Waals surface area contributed by atoms with Crippen molar-refractivity contribution in [2.75, 3.05) is 25.0 Å². The summed E-state index contributed by atoms with van der Waals surface area (Å²) in [6, 6.07) is 0.379. The van der Waals surface area contributed by atoms with Crippen LogP contribution in [-0.4, -0.2) is 52.1 Å². The van der Waals surface area contributed by atoms with Gasteiger partial charge in [-0.25, -0.2) is 9.78 Å². The molecule has 2 heterocycles. The van der Waals surface area contributed by atoms with Gasteiger partial charge in [0, 0.05) is 43.1 Å². The molecule has 0 spiro atoms. The summed E-state index contributed by atoms with van der Waals surface area (Å²) in [6.07, 6.45) is 1.62. The first-order chi connectivity index (χ1) is 11.0. The van der Waals surface area contributed by atoms with Crippen LogP contribution >= 0.6 is 11.5 Å². The van der Waals surface area contributed by atoms with Crippen molar-refractivity contribution in [3.05, 3.63) is 5.82 Å². The molecule has 1 saturated heterocycles. The van der Waals surface area contributed by atoms with Gasteiger partial charge in [-0.2, -0.15) is 4.37 Å². The average molecular weight is 355 g/mol. The van der Waals surface area contributed by atoms with E-state index in [4.69, 9.17) is 4.74 Å². The van der Waals surface area contributed by atoms with E-state index in [2.05, 4.69) is 42.1 Å². The summed E-state index contributed by atoms with van der Waals surface area (Å²) in [5.74, 6) is 0.889. The van der Waals surface area contributed by atoms with Crippen LogP contribution in [0.4, 0.5) is 9.93 Å². The van der Waals surface area contributed by atoms with Crippen LogP contribution < -0.4 is 4.90 Å². The maximum absolute atomic E-state index is 12.1. The van der Waals surface area contributed by atoms with Crippen LogP contribution in [0.25, 0.3) is 0 Å². The maximum atomic E-state index is 12.1. The van der Waals surface area contributed by atoms with Crippen LogP contribution in [0.1, 0.15) is 60.2 Å². The molecule has 1 fully saturated rings. The minimum absolute atomic E-state index is 0.0321. The molecule has 7 heteroatoms. The number of nitrogens with zero attached hydrogens (tertiary/aromatic N) is 4. The predicted molar refractivity (Wildman–Crippen MR) is 97.8 cm³/mol. The van der Waals surface area contributed by atoms with E-state index in [1.165, 1.54) is 11.5 Å². The van der Waals surface area contributed by atoms with Crippen molar-refractivity contribution in [3.63, 3.8) is 0 Å². The first-order valence-corrected chi connectivity index (χ1v) is 9.29. The topological polar surface area (TPSA) is 58.6 Å². The fraction of sp³-hybridized carbons (Fsp3) is 0.824. The summed E-state index contributed by atoms with van der Waals surface area (Å²) < 4.78 is 9.94. The molecule has 0 saturated carbocycles. The van der Waals surface area contributed by atoms with E-state index >= 15 is 0 Å². The second-order valence-electron chi connectivity index (χ2n) is 8.46. The molecule has 1 aromatic heterocycles. The van der Waals surface area contributed by atoms with Crippen LogP contribution in [0.3, 0.4) is 0 Å². The number of aromatic nitrogens is 2. The van der Waals surface area contributed by atoms with Crippen molar-refractivity contribution >= 4 is 22.8 Å². The molecule has 0 N–H and O–H groups in total. The molecule has 0 bridgehead atoms. The smallest absolute Gasteiger partial charge is 0.410 e. The number of amides is 1. The summed E-state index contributed by atoms with van der Waals surface area (Å²) in [5.41, 5.74) is -0.476. The molecule has 0 atom stereocenters. The fourth-order valence-electron chi connectivity index (χ4n) is 2.58. The van der Waals surface area contributed by atoms with E-state index in [-0.39, 0.29) is 11.5 Å². The Morgan fingerprint density at radius 2 is 1.79 bits per heavy atom. The number of carbonyl (C=O) groups excluding carboxylic acids is 1. The number of hydrogen-bond donors (Lipinski definition) is 0. The Hall–Kier alpha value is -1.37. The molecule has 1 aromatic rings. The third-order valence-electron chi connectivity index (χ3n) is 4.05. The standard InChI is InChI=1S/C17H30N4O2S/c1-16(2,3)13-18-14(24-19-13)20(7)12-8-10-21(11-9-12)15(22)23-17(4,5)6/h12H,8-11H2,1-7H3. The molecule has 0 aliphatic carbocycles. The Balaban J connectivity index is 1.92. The van der Waals surface area contributed by atoms with E-state index in [1.54, 1.807) is 4.90 Å². The van der Waals surface area contributed by atoms with Gasteiger partial charge in [0.2, 0.25) is 5.13 Å². The number of hydrogen-bond acceptors (Lipinski definition) is 6. The van der Waals surface area contributed by atoms with Gasteiger partial charge in [0.25, 0.3) is 0 Å². The molecule has 24 heavy (non-hydrogen) atoms. The monoisotopic (exact) mass is 354 g/mol. The van der Waals surface area contributed by atoms with Gasteiger partial charge in [0.1, 0.15) is 11.4 Å². The van der Waals surface area contributed by atoms with Gasteiger partial charge in [-0.05, 0) is 33.6 Å². The highest BCUT2D eigenvalue weighted by Gasteiger charge is 2.30. The summed E-state index contributed by atoms with van der Waals surface area (Å²) in [4.78, 5) is 20.8. The Labute approximate surface area is 149 Å². The zero-order valence-corrected chi connectivity index (χ0v) is 16.7. The Kier molecular flexibility index (Phi) is 5.42. The normalized spacial score (nSPS) is 17.0. The van der Waals surface area contributed by atoms with Crippen molar-refractivity contribution in [2.45, 2.75) is 71.4 Å². The number of carbonyl (C=O) groups is 1. The van der Waals surface area contributed by atoms with Gasteiger partial charge in [0.05, 0.1) is 0 Å². The lowest BCUT2D eigenvalue weighted by Gasteiger charge is -2.37. The largest absolute Gasteiger partial charge is 0.444 e. The van der Waals surface area contributed by atoms with Gasteiger partial charge in [0.15, 0.2) is 0 Å². The van der Waals surface area contributed by atoms with Crippen molar-refractivity contribution in [1.29, 1.82) is 0 Å². The summed E-state index contributed by atoms with van der Waals surface area (Å²) in [7, 11) is 2.07. The van der Waals surface area contributed by atoms with Crippen LogP contribution in [0.15, 0.2) is 0 Å². The second kappa shape index (κ2) is 6.86. The first-order valence-electron chi connectivity index (χ1n) is 8.52. The number of piperidine rings is 1. The molecule has 136 valence electrons. The highest BCUT2D eigenvalue weighted by molar-refractivity contribution is 7.09. The molecule has 2 rings (SSSR count). The third-order valence-corrected chi connectivity index (χ3v) is 4.86. The predicted octanol–water partition coefficient (Wildman–Crippen LogP) is 3.67. The Bertz CT molecular complexity index is 566. The minimum atomic E-state index is -0.444. The quantitative estimate of drug-likeness (QED) is 0.811. The first kappa shape index (κ1) is 19.0. The van der Waals surface area contributed by atoms with E-state index in [1.807, 2.05) is 20.8 Å². The summed E-state index contributed by atoms with van der Waals surface area (Å²) in [6.45, 7) is 13.5. The van der Waals surface area contributed by atoms with E-state index < -0.39 is 5.60 Å². The van der Waals surface area contributed by atoms with Gasteiger partial charge in [-0.15, -0.1) is 0 Å². The number of anilines is 1. The van der Waals surface area contributed by atoms with Crippen molar-refractivity contribution in [2.24, 2.45) is 0 Å². The zero-order valence-electron chi connectivity index (χ0n) is 15.9. The second-order valence-corrected chi connectivity index (χ2v) is 9.19. The Morgan fingerprint density at radius 3 is 2.25 bits per heavy atom. The molecule has 0 radical (unpaired) electrons. The minimum Gasteiger partial charge on any atom is -0.444 e. The van der Waals surface area contributed by atoms with Gasteiger partial charge < -0.3 is 14.5 Å². The summed E-state index contributed by atoms with van der Waals surface area (Å²) >= 11 is 1.45. The fourth-order valence-corrected chi connectivity index (χ4v) is 3.47. The lowest BCUT2D eigenvalue weighted by atomic mass is 9.96. The van der Waals surface area contributed by atoms with Crippen molar-refractivity contribution in [1.82, 2.24) is 14.3 Å². The van der Waals surface area contributed by atoms with Crippen molar-refractivity contribution < 1.29 is 9.53 Å². The summed E-state index contributed by atoms with van der Waals surface area (Å²) in [5, 5.41) is 0.954. The molecule has 0 aromatic carbocycles. The van der Waals surface area contributed by atoms with Crippen LogP contribution in [0.2, 0.25) is 0 Å². The average Bonchev–Trinajstić information content (AvgIpc) is 2.94. The maximum Gasteiger partial charge on any atom is 0.410 e. The van der Waals surface area contributed by atoms with Crippen LogP contribution in [-0.2, 0) is 10.2 Å². The van der Waals surface area contributed by atoms with Crippen LogP contribution in [0, 0.1) is 0 Å². The lowest BCUT2D eigenvalue weighted by molar-refractivity contribution is 0.0205. The van der Waals surface area contributed by atoms with Gasteiger partial charge in [-0.3, -0.25) is 0 Å². The Morgan fingerprint density at radius 1 is 1.21 bits per heavy atom. The molecule has 1 aliphatic heterocycles. The zero-order chi connectivity index (χ0) is 18.1. The molecule has 1 aliphatic rings. The third kappa shape index (κ3) is 4.82. The van der Waals surface area contributed by atoms with E-state index in [9.17, 15) is 4.79 Å². The highest BCUT2D eigenvalue weighted by atomic mass is 32.1. The van der Waals surface area contributed by atoms with E-state index in [0.717, 1.165) is 36.9 Å². The van der Waals surface area contributed by atoms with E-state index in [0.29, 0.717) is 6.04 Å². The molecule has 1 amide bonds. The van der Waals surface area contributed by atoms with Gasteiger partial charge >= 0.3 is 6.09 Å². The molecular weight excluding hydrogens is 324 g/mol. The number of rotatable bonds is 2.